The van der Waals surface area contributed by atoms with E-state index < -0.39 is 17.9 Å². The molecule has 1 aliphatic heterocycles. The van der Waals surface area contributed by atoms with Crippen molar-refractivity contribution in [3.63, 3.8) is 0 Å². The molecular weight excluding hydrogens is 308 g/mol. The number of carboxylic acids is 1. The highest BCUT2D eigenvalue weighted by Gasteiger charge is 2.39. The summed E-state index contributed by atoms with van der Waals surface area (Å²) in [5, 5.41) is 13.1. The molecule has 0 saturated carbocycles. The summed E-state index contributed by atoms with van der Waals surface area (Å²) in [6, 6.07) is 0. The zero-order valence-electron chi connectivity index (χ0n) is 13.5. The van der Waals surface area contributed by atoms with Crippen molar-refractivity contribution in [3.8, 4) is 0 Å². The van der Waals surface area contributed by atoms with Crippen LogP contribution in [0.15, 0.2) is 0 Å². The highest BCUT2D eigenvalue weighted by atomic mass is 19.3. The van der Waals surface area contributed by atoms with Gasteiger partial charge < -0.3 is 10.0 Å². The molecule has 1 aliphatic rings. The lowest BCUT2D eigenvalue weighted by atomic mass is 9.82. The number of alkyl halides is 2. The number of aryl methyl sites for hydroxylation is 1. The number of aliphatic carboxylic acids is 1. The number of piperidine rings is 1. The van der Waals surface area contributed by atoms with Crippen LogP contribution in [0.1, 0.15) is 43.3 Å². The molecule has 1 fully saturated rings. The van der Waals surface area contributed by atoms with E-state index in [0.717, 1.165) is 0 Å². The van der Waals surface area contributed by atoms with Gasteiger partial charge in [0.15, 0.2) is 0 Å². The smallest absolute Gasteiger partial charge is 0.333 e. The van der Waals surface area contributed by atoms with E-state index in [0.29, 0.717) is 35.3 Å². The molecule has 0 aromatic carbocycles. The number of hydrogen-bond donors (Lipinski definition) is 1. The van der Waals surface area contributed by atoms with Gasteiger partial charge in [-0.1, -0.05) is 0 Å². The first-order valence-electron chi connectivity index (χ1n) is 7.49. The molecule has 1 saturated heterocycles. The van der Waals surface area contributed by atoms with Crippen molar-refractivity contribution in [1.82, 2.24) is 14.7 Å². The summed E-state index contributed by atoms with van der Waals surface area (Å²) in [7, 11) is 0. The van der Waals surface area contributed by atoms with E-state index in [9.17, 15) is 23.5 Å². The minimum Gasteiger partial charge on any atom is -0.481 e. The summed E-state index contributed by atoms with van der Waals surface area (Å²) >= 11 is 0. The average molecular weight is 329 g/mol. The molecule has 1 aromatic rings. The van der Waals surface area contributed by atoms with Crippen LogP contribution in [0.25, 0.3) is 0 Å². The van der Waals surface area contributed by atoms with Crippen LogP contribution < -0.4 is 0 Å². The van der Waals surface area contributed by atoms with Crippen molar-refractivity contribution in [3.05, 3.63) is 17.0 Å². The molecular formula is C15H21F2N3O3. The Labute approximate surface area is 133 Å². The highest BCUT2D eigenvalue weighted by Crippen LogP contribution is 2.30. The Hall–Kier alpha value is -1.99. The summed E-state index contributed by atoms with van der Waals surface area (Å²) < 4.78 is 26.3. The zero-order valence-corrected chi connectivity index (χ0v) is 13.5. The van der Waals surface area contributed by atoms with Crippen molar-refractivity contribution < 1.29 is 23.5 Å². The third-order valence-electron chi connectivity index (χ3n) is 4.55. The Balaban J connectivity index is 2.15. The maximum atomic E-state index is 12.8. The molecule has 1 amide bonds. The predicted octanol–water partition coefficient (Wildman–Crippen LogP) is 2.15. The largest absolute Gasteiger partial charge is 0.481 e. The maximum absolute atomic E-state index is 12.8. The minimum absolute atomic E-state index is 0.0416. The van der Waals surface area contributed by atoms with Gasteiger partial charge in [-0.25, -0.2) is 4.68 Å². The van der Waals surface area contributed by atoms with E-state index in [-0.39, 0.29) is 24.6 Å². The summed E-state index contributed by atoms with van der Waals surface area (Å²) in [6.45, 7) is 2.60. The molecule has 23 heavy (non-hydrogen) atoms. The number of amides is 1. The Bertz CT molecular complexity index is 630. The number of carbonyl (C=O) groups excluding carboxylic acids is 1. The third kappa shape index (κ3) is 3.35. The van der Waals surface area contributed by atoms with Gasteiger partial charge in [-0.15, -0.1) is 0 Å². The van der Waals surface area contributed by atoms with Crippen molar-refractivity contribution >= 4 is 11.9 Å². The molecule has 0 radical (unpaired) electrons. The van der Waals surface area contributed by atoms with Crippen molar-refractivity contribution in [2.75, 3.05) is 13.1 Å². The topological polar surface area (TPSA) is 75.4 Å². The first-order valence-corrected chi connectivity index (χ1v) is 7.49. The van der Waals surface area contributed by atoms with Crippen molar-refractivity contribution in [2.45, 2.75) is 46.6 Å². The van der Waals surface area contributed by atoms with E-state index in [1.165, 1.54) is 11.8 Å². The predicted molar refractivity (Wildman–Crippen MR) is 78.2 cm³/mol. The van der Waals surface area contributed by atoms with Crippen LogP contribution in [0.2, 0.25) is 0 Å². The normalized spacial score (nSPS) is 21.7. The first-order chi connectivity index (χ1) is 10.7. The molecule has 2 rings (SSSR count). The van der Waals surface area contributed by atoms with Crippen LogP contribution in [0.5, 0.6) is 0 Å². The van der Waals surface area contributed by atoms with Gasteiger partial charge in [0, 0.05) is 24.3 Å². The molecule has 8 heteroatoms. The van der Waals surface area contributed by atoms with Gasteiger partial charge in [-0.2, -0.15) is 13.9 Å². The second kappa shape index (κ2) is 6.25. The number of halogens is 2. The molecule has 1 atom stereocenters. The molecule has 128 valence electrons. The average Bonchev–Trinajstić information content (AvgIpc) is 2.75. The van der Waals surface area contributed by atoms with Crippen molar-refractivity contribution in [1.29, 1.82) is 0 Å². The van der Waals surface area contributed by atoms with Crippen LogP contribution in [-0.4, -0.2) is 44.8 Å². The number of nitrogens with zero attached hydrogens (tertiary/aromatic N) is 3. The number of carbonyl (C=O) groups is 2. The first kappa shape index (κ1) is 17.4. The number of rotatable bonds is 4. The molecule has 1 aromatic heterocycles. The van der Waals surface area contributed by atoms with Gasteiger partial charge in [-0.05, 0) is 33.6 Å². The summed E-state index contributed by atoms with van der Waals surface area (Å²) in [5.74, 6) is -1.18. The summed E-state index contributed by atoms with van der Waals surface area (Å²) in [6.07, 6.45) is 1.09. The Morgan fingerprint density at radius 1 is 1.39 bits per heavy atom. The summed E-state index contributed by atoms with van der Waals surface area (Å²) in [5.41, 5.74) is 0.196. The van der Waals surface area contributed by atoms with Gasteiger partial charge in [0.1, 0.15) is 0 Å². The standard InChI is InChI=1S/C15H21F2N3O3/c1-9-11(10(2)20(18-9)14(16)17)7-12(21)19-6-4-5-15(3,8-19)13(22)23/h14H,4-8H2,1-3H3,(H,22,23). The Morgan fingerprint density at radius 2 is 2.04 bits per heavy atom. The van der Waals surface area contributed by atoms with Gasteiger partial charge in [0.2, 0.25) is 5.91 Å². The fourth-order valence-electron chi connectivity index (χ4n) is 3.03. The molecule has 2 heterocycles. The lowest BCUT2D eigenvalue weighted by molar-refractivity contribution is -0.153. The van der Waals surface area contributed by atoms with E-state index in [1.807, 2.05) is 0 Å². The Kier molecular flexibility index (Phi) is 4.72. The maximum Gasteiger partial charge on any atom is 0.333 e. The lowest BCUT2D eigenvalue weighted by Gasteiger charge is -2.37. The van der Waals surface area contributed by atoms with Crippen LogP contribution in [0.4, 0.5) is 8.78 Å². The molecule has 1 N–H and O–H groups in total. The van der Waals surface area contributed by atoms with Crippen molar-refractivity contribution in [2.24, 2.45) is 5.41 Å². The quantitative estimate of drug-likeness (QED) is 0.918. The monoisotopic (exact) mass is 329 g/mol. The van der Waals surface area contributed by atoms with E-state index >= 15 is 0 Å². The molecule has 1 unspecified atom stereocenters. The van der Waals surface area contributed by atoms with Crippen LogP contribution in [-0.2, 0) is 16.0 Å². The SMILES string of the molecule is Cc1nn(C(F)F)c(C)c1CC(=O)N1CCCC(C)(C(=O)O)C1. The van der Waals surface area contributed by atoms with Gasteiger partial charge >= 0.3 is 12.5 Å². The Morgan fingerprint density at radius 3 is 2.57 bits per heavy atom. The molecule has 6 nitrogen and oxygen atoms in total. The van der Waals surface area contributed by atoms with Gasteiger partial charge in [0.05, 0.1) is 17.5 Å². The molecule has 0 spiro atoms. The minimum atomic E-state index is -2.75. The van der Waals surface area contributed by atoms with Gasteiger partial charge in [0.25, 0.3) is 0 Å². The molecule has 0 bridgehead atoms. The fraction of sp³-hybridized carbons (Fsp3) is 0.667. The van der Waals surface area contributed by atoms with Crippen LogP contribution in [0, 0.1) is 19.3 Å². The highest BCUT2D eigenvalue weighted by molar-refractivity contribution is 5.81. The molecule has 0 aliphatic carbocycles. The number of likely N-dealkylation sites (tertiary alicyclic amines) is 1. The van der Waals surface area contributed by atoms with Crippen LogP contribution >= 0.6 is 0 Å². The number of hydrogen-bond acceptors (Lipinski definition) is 3. The number of aromatic nitrogens is 2. The lowest BCUT2D eigenvalue weighted by Crippen LogP contribution is -2.48. The second-order valence-electron chi connectivity index (χ2n) is 6.33. The van der Waals surface area contributed by atoms with Gasteiger partial charge in [-0.3, -0.25) is 9.59 Å². The fourth-order valence-corrected chi connectivity index (χ4v) is 3.03. The van der Waals surface area contributed by atoms with Crippen LogP contribution in [0.3, 0.4) is 0 Å². The third-order valence-corrected chi connectivity index (χ3v) is 4.55. The number of carboxylic acid groups (broad SMARTS) is 1. The van der Waals surface area contributed by atoms with E-state index in [4.69, 9.17) is 0 Å². The van der Waals surface area contributed by atoms with E-state index in [1.54, 1.807) is 13.8 Å². The second-order valence-corrected chi connectivity index (χ2v) is 6.33. The zero-order chi connectivity index (χ0) is 17.4. The summed E-state index contributed by atoms with van der Waals surface area (Å²) in [4.78, 5) is 25.3. The van der Waals surface area contributed by atoms with E-state index in [2.05, 4.69) is 5.10 Å².